The number of benzene rings is 1. The highest BCUT2D eigenvalue weighted by Crippen LogP contribution is 2.37. The topological polar surface area (TPSA) is 46.5 Å². The molecule has 0 radical (unpaired) electrons. The number of aliphatic carboxylic acids is 1. The number of hydrogen-bond acceptors (Lipinski definition) is 2. The number of fused-ring (bicyclic) bond motifs is 1. The molecule has 0 saturated heterocycles. The molecule has 0 fully saturated rings. The number of carboxylic acids is 1. The lowest BCUT2D eigenvalue weighted by Crippen LogP contribution is -2.21. The van der Waals surface area contributed by atoms with E-state index in [9.17, 15) is 4.79 Å². The molecular formula is C12H14O3. The van der Waals surface area contributed by atoms with Crippen molar-refractivity contribution in [3.05, 3.63) is 28.8 Å². The predicted molar refractivity (Wildman–Crippen MR) is 56.4 cm³/mol. The first kappa shape index (κ1) is 10.0. The number of hydrogen-bond donors (Lipinski definition) is 1. The molecule has 0 saturated carbocycles. The Labute approximate surface area is 88.7 Å². The van der Waals surface area contributed by atoms with Crippen LogP contribution in [0, 0.1) is 13.8 Å². The first-order valence-corrected chi connectivity index (χ1v) is 5.06. The third kappa shape index (κ3) is 1.69. The van der Waals surface area contributed by atoms with Crippen LogP contribution in [0.5, 0.6) is 5.75 Å². The maximum Gasteiger partial charge on any atom is 0.311 e. The van der Waals surface area contributed by atoms with Gasteiger partial charge in [-0.05, 0) is 25.8 Å². The van der Waals surface area contributed by atoms with Crippen LogP contribution in [0.25, 0.3) is 0 Å². The molecule has 0 aromatic heterocycles. The molecule has 1 heterocycles. The first-order valence-electron chi connectivity index (χ1n) is 5.06. The summed E-state index contributed by atoms with van der Waals surface area (Å²) >= 11 is 0. The van der Waals surface area contributed by atoms with Gasteiger partial charge in [-0.25, -0.2) is 0 Å². The van der Waals surface area contributed by atoms with Crippen LogP contribution in [0.2, 0.25) is 0 Å². The summed E-state index contributed by atoms with van der Waals surface area (Å²) in [5.41, 5.74) is 2.94. The molecule has 0 amide bonds. The summed E-state index contributed by atoms with van der Waals surface area (Å²) in [6.45, 7) is 4.42. The number of aryl methyl sites for hydroxylation is 2. The van der Waals surface area contributed by atoms with Gasteiger partial charge in [0.2, 0.25) is 0 Å². The summed E-state index contributed by atoms with van der Waals surface area (Å²) in [5.74, 6) is -0.406. The average molecular weight is 206 g/mol. The Hall–Kier alpha value is -1.51. The lowest BCUT2D eigenvalue weighted by atomic mass is 9.90. The van der Waals surface area contributed by atoms with E-state index in [2.05, 4.69) is 0 Å². The Kier molecular flexibility index (Phi) is 2.39. The molecular weight excluding hydrogens is 192 g/mol. The second kappa shape index (κ2) is 3.57. The lowest BCUT2D eigenvalue weighted by molar-refractivity contribution is -0.139. The number of carbonyl (C=O) groups is 1. The molecule has 15 heavy (non-hydrogen) atoms. The van der Waals surface area contributed by atoms with Crippen molar-refractivity contribution in [3.8, 4) is 5.75 Å². The summed E-state index contributed by atoms with van der Waals surface area (Å²) in [7, 11) is 0. The van der Waals surface area contributed by atoms with Crippen LogP contribution < -0.4 is 4.74 Å². The average Bonchev–Trinajstić information content (AvgIpc) is 2.16. The highest BCUT2D eigenvalue weighted by Gasteiger charge is 2.28. The van der Waals surface area contributed by atoms with Crippen molar-refractivity contribution in [2.24, 2.45) is 0 Å². The number of rotatable bonds is 1. The van der Waals surface area contributed by atoms with E-state index < -0.39 is 11.9 Å². The van der Waals surface area contributed by atoms with Crippen molar-refractivity contribution in [1.29, 1.82) is 0 Å². The van der Waals surface area contributed by atoms with E-state index >= 15 is 0 Å². The molecule has 3 heteroatoms. The standard InChI is InChI=1S/C12H14O3/c1-7-5-8(2)11-10(6-7)9(12(13)14)3-4-15-11/h5-6,9H,3-4H2,1-2H3,(H,13,14). The molecule has 0 bridgehead atoms. The van der Waals surface area contributed by atoms with Crippen molar-refractivity contribution in [2.45, 2.75) is 26.2 Å². The van der Waals surface area contributed by atoms with Crippen molar-refractivity contribution in [3.63, 3.8) is 0 Å². The zero-order chi connectivity index (χ0) is 11.0. The molecule has 1 atom stereocenters. The van der Waals surface area contributed by atoms with Gasteiger partial charge in [0.05, 0.1) is 12.5 Å². The van der Waals surface area contributed by atoms with Gasteiger partial charge in [0, 0.05) is 5.56 Å². The quantitative estimate of drug-likeness (QED) is 0.766. The van der Waals surface area contributed by atoms with Crippen molar-refractivity contribution >= 4 is 5.97 Å². The van der Waals surface area contributed by atoms with E-state index in [1.54, 1.807) is 0 Å². The molecule has 1 aliphatic heterocycles. The number of carboxylic acid groups (broad SMARTS) is 1. The molecule has 1 unspecified atom stereocenters. The van der Waals surface area contributed by atoms with E-state index in [0.29, 0.717) is 13.0 Å². The predicted octanol–water partition coefficient (Wildman–Crippen LogP) is 2.25. The van der Waals surface area contributed by atoms with Crippen molar-refractivity contribution in [1.82, 2.24) is 0 Å². The third-order valence-electron chi connectivity index (χ3n) is 2.77. The number of ether oxygens (including phenoxy) is 1. The Balaban J connectivity index is 2.55. The smallest absolute Gasteiger partial charge is 0.311 e. The molecule has 1 aliphatic rings. The summed E-state index contributed by atoms with van der Waals surface area (Å²) in [6, 6.07) is 3.93. The van der Waals surface area contributed by atoms with Crippen LogP contribution in [-0.2, 0) is 4.79 Å². The van der Waals surface area contributed by atoms with Gasteiger partial charge in [-0.1, -0.05) is 17.7 Å². The van der Waals surface area contributed by atoms with E-state index in [1.165, 1.54) is 0 Å². The van der Waals surface area contributed by atoms with Gasteiger partial charge in [-0.15, -0.1) is 0 Å². The van der Waals surface area contributed by atoms with Gasteiger partial charge >= 0.3 is 5.97 Å². The lowest BCUT2D eigenvalue weighted by Gasteiger charge is -2.25. The third-order valence-corrected chi connectivity index (χ3v) is 2.77. The summed E-state index contributed by atoms with van der Waals surface area (Å²) in [6.07, 6.45) is 0.561. The van der Waals surface area contributed by atoms with Crippen LogP contribution in [-0.4, -0.2) is 17.7 Å². The maximum absolute atomic E-state index is 11.1. The van der Waals surface area contributed by atoms with Gasteiger partial charge in [0.1, 0.15) is 5.75 Å². The van der Waals surface area contributed by atoms with Crippen molar-refractivity contribution in [2.75, 3.05) is 6.61 Å². The Morgan fingerprint density at radius 3 is 2.87 bits per heavy atom. The van der Waals surface area contributed by atoms with Crippen LogP contribution in [0.3, 0.4) is 0 Å². The second-order valence-corrected chi connectivity index (χ2v) is 4.03. The maximum atomic E-state index is 11.1. The Morgan fingerprint density at radius 1 is 1.47 bits per heavy atom. The molecule has 0 aliphatic carbocycles. The monoisotopic (exact) mass is 206 g/mol. The van der Waals surface area contributed by atoms with E-state index in [0.717, 1.165) is 22.4 Å². The minimum atomic E-state index is -0.760. The normalized spacial score (nSPS) is 19.2. The zero-order valence-electron chi connectivity index (χ0n) is 8.91. The zero-order valence-corrected chi connectivity index (χ0v) is 8.91. The van der Waals surface area contributed by atoms with Crippen LogP contribution in [0.15, 0.2) is 12.1 Å². The van der Waals surface area contributed by atoms with Gasteiger partial charge in [-0.3, -0.25) is 4.79 Å². The highest BCUT2D eigenvalue weighted by atomic mass is 16.5. The van der Waals surface area contributed by atoms with E-state index in [4.69, 9.17) is 9.84 Å². The SMILES string of the molecule is Cc1cc(C)c2c(c1)C(C(=O)O)CCO2. The minimum Gasteiger partial charge on any atom is -0.493 e. The Morgan fingerprint density at radius 2 is 2.20 bits per heavy atom. The summed E-state index contributed by atoms with van der Waals surface area (Å²) in [4.78, 5) is 11.1. The van der Waals surface area contributed by atoms with E-state index in [1.807, 2.05) is 26.0 Å². The van der Waals surface area contributed by atoms with Crippen LogP contribution in [0.1, 0.15) is 29.0 Å². The second-order valence-electron chi connectivity index (χ2n) is 4.03. The molecule has 0 spiro atoms. The van der Waals surface area contributed by atoms with E-state index in [-0.39, 0.29) is 0 Å². The van der Waals surface area contributed by atoms with Gasteiger partial charge < -0.3 is 9.84 Å². The van der Waals surface area contributed by atoms with Crippen molar-refractivity contribution < 1.29 is 14.6 Å². The molecule has 2 rings (SSSR count). The molecule has 1 aromatic rings. The van der Waals surface area contributed by atoms with Crippen LogP contribution in [0.4, 0.5) is 0 Å². The largest absolute Gasteiger partial charge is 0.493 e. The molecule has 3 nitrogen and oxygen atoms in total. The Bertz CT molecular complexity index is 410. The van der Waals surface area contributed by atoms with Gasteiger partial charge in [0.25, 0.3) is 0 Å². The highest BCUT2D eigenvalue weighted by molar-refractivity contribution is 5.78. The fourth-order valence-corrected chi connectivity index (χ4v) is 2.13. The summed E-state index contributed by atoms with van der Waals surface area (Å²) in [5, 5.41) is 9.11. The molecule has 80 valence electrons. The molecule has 1 N–H and O–H groups in total. The fraction of sp³-hybridized carbons (Fsp3) is 0.417. The summed E-state index contributed by atoms with van der Waals surface area (Å²) < 4.78 is 5.53. The van der Waals surface area contributed by atoms with Gasteiger partial charge in [0.15, 0.2) is 0 Å². The molecule has 1 aromatic carbocycles. The van der Waals surface area contributed by atoms with Gasteiger partial charge in [-0.2, -0.15) is 0 Å². The first-order chi connectivity index (χ1) is 7.09. The minimum absolute atomic E-state index is 0.410. The fourth-order valence-electron chi connectivity index (χ4n) is 2.13. The van der Waals surface area contributed by atoms with Crippen LogP contribution >= 0.6 is 0 Å².